The van der Waals surface area contributed by atoms with E-state index in [1.54, 1.807) is 36.7 Å². The van der Waals surface area contributed by atoms with Crippen LogP contribution in [0.2, 0.25) is 0 Å². The van der Waals surface area contributed by atoms with Gasteiger partial charge in [0.2, 0.25) is 5.88 Å². The zero-order valence-electron chi connectivity index (χ0n) is 17.0. The maximum Gasteiger partial charge on any atom is 0.249 e. The van der Waals surface area contributed by atoms with E-state index in [1.165, 1.54) is 18.2 Å². The molecule has 156 valence electrons. The number of benzene rings is 2. The zero-order valence-corrected chi connectivity index (χ0v) is 17.0. The van der Waals surface area contributed by atoms with Gasteiger partial charge in [-0.2, -0.15) is 0 Å². The van der Waals surface area contributed by atoms with Gasteiger partial charge in [-0.25, -0.2) is 14.4 Å². The van der Waals surface area contributed by atoms with Crippen molar-refractivity contribution >= 4 is 16.7 Å². The molecule has 0 atom stereocenters. The Balaban J connectivity index is 1.83. The second-order valence-electron chi connectivity index (χ2n) is 6.46. The van der Waals surface area contributed by atoms with Gasteiger partial charge in [-0.05, 0) is 35.7 Å². The molecule has 0 fully saturated rings. The maximum atomic E-state index is 13.6. The van der Waals surface area contributed by atoms with Crippen LogP contribution in [-0.4, -0.2) is 42.2 Å². The molecular weight excluding hydrogens is 399 g/mol. The molecule has 3 rings (SSSR count). The first-order valence-electron chi connectivity index (χ1n) is 9.27. The fourth-order valence-corrected chi connectivity index (χ4v) is 2.41. The average Bonchev–Trinajstić information content (AvgIpc) is 2.75. The molecule has 1 aromatic heterocycles. The van der Waals surface area contributed by atoms with E-state index in [0.29, 0.717) is 28.9 Å². The van der Waals surface area contributed by atoms with Crippen LogP contribution >= 0.6 is 0 Å². The normalized spacial score (nSPS) is 10.3. The van der Waals surface area contributed by atoms with Crippen LogP contribution in [0.5, 0.6) is 5.88 Å². The number of rotatable bonds is 7. The Labute approximate surface area is 178 Å². The topological polar surface area (TPSA) is 96.2 Å². The van der Waals surface area contributed by atoms with Crippen LogP contribution in [0.25, 0.3) is 21.5 Å². The number of azide groups is 1. The van der Waals surface area contributed by atoms with E-state index in [4.69, 9.17) is 15.0 Å². The van der Waals surface area contributed by atoms with Gasteiger partial charge >= 0.3 is 0 Å². The van der Waals surface area contributed by atoms with Crippen molar-refractivity contribution in [3.63, 3.8) is 0 Å². The molecule has 0 spiro atoms. The first kappa shape index (κ1) is 21.4. The number of hydrogen-bond donors (Lipinski definition) is 0. The number of hydrogen-bond acceptors (Lipinski definition) is 6. The highest BCUT2D eigenvalue weighted by atomic mass is 19.1. The fourth-order valence-electron chi connectivity index (χ4n) is 2.41. The zero-order chi connectivity index (χ0) is 22.1. The van der Waals surface area contributed by atoms with E-state index in [2.05, 4.69) is 31.8 Å². The third-order valence-electron chi connectivity index (χ3n) is 3.84. The lowest BCUT2D eigenvalue weighted by Gasteiger charge is -2.09. The molecule has 31 heavy (non-hydrogen) atoms. The summed E-state index contributed by atoms with van der Waals surface area (Å²) in [7, 11) is 3.78. The molecule has 0 aliphatic carbocycles. The van der Waals surface area contributed by atoms with Crippen LogP contribution in [0.3, 0.4) is 0 Å². The van der Waals surface area contributed by atoms with Crippen molar-refractivity contribution in [2.24, 2.45) is 5.11 Å². The van der Waals surface area contributed by atoms with Gasteiger partial charge in [0.1, 0.15) is 19.0 Å². The lowest BCUT2D eigenvalue weighted by Crippen LogP contribution is -2.08. The van der Waals surface area contributed by atoms with Gasteiger partial charge in [-0.1, -0.05) is 23.2 Å². The predicted molar refractivity (Wildman–Crippen MR) is 115 cm³/mol. The predicted octanol–water partition coefficient (Wildman–Crippen LogP) is 4.54. The molecule has 0 N–H and O–H groups in total. The van der Waals surface area contributed by atoms with E-state index in [0.717, 1.165) is 0 Å². The third-order valence-corrected chi connectivity index (χ3v) is 3.84. The van der Waals surface area contributed by atoms with Crippen LogP contribution in [0.1, 0.15) is 11.3 Å². The van der Waals surface area contributed by atoms with E-state index in [-0.39, 0.29) is 18.2 Å². The van der Waals surface area contributed by atoms with Crippen molar-refractivity contribution in [2.75, 3.05) is 27.3 Å². The van der Waals surface area contributed by atoms with Gasteiger partial charge in [0.15, 0.2) is 5.69 Å². The minimum atomic E-state index is -0.413. The molecule has 0 aliphatic rings. The van der Waals surface area contributed by atoms with Crippen LogP contribution in [0, 0.1) is 17.7 Å². The van der Waals surface area contributed by atoms with Crippen molar-refractivity contribution in [3.05, 3.63) is 82.4 Å². The number of nitrogens with zero attached hydrogens (tertiary/aromatic N) is 6. The molecule has 1 heterocycles. The molecule has 0 unspecified atom stereocenters. The standard InChI is InChI=1S/C22H19FN6O2/c1-29(2)11-12-30-13-14-31-22-20(25-21-15-17(23)6-10-19(21)26-22)9-5-16-3-7-18(8-4-16)27-28-24/h3-4,6-8,10-12,15H,13-14H2,1-2H3. The van der Waals surface area contributed by atoms with Crippen molar-refractivity contribution in [2.45, 2.75) is 0 Å². The van der Waals surface area contributed by atoms with Crippen molar-refractivity contribution in [1.82, 2.24) is 14.9 Å². The fraction of sp³-hybridized carbons (Fsp3) is 0.182. The summed E-state index contributed by atoms with van der Waals surface area (Å²) in [5, 5.41) is 3.52. The quantitative estimate of drug-likeness (QED) is 0.140. The summed E-state index contributed by atoms with van der Waals surface area (Å²) in [6.45, 7) is 0.538. The van der Waals surface area contributed by atoms with Crippen LogP contribution in [0.15, 0.2) is 60.0 Å². The molecule has 0 bridgehead atoms. The summed E-state index contributed by atoms with van der Waals surface area (Å²) in [4.78, 5) is 13.4. The number of fused-ring (bicyclic) bond motifs is 1. The van der Waals surface area contributed by atoms with Crippen molar-refractivity contribution < 1.29 is 13.9 Å². The summed E-state index contributed by atoms with van der Waals surface area (Å²) in [6, 6.07) is 10.9. The number of aromatic nitrogens is 2. The van der Waals surface area contributed by atoms with E-state index in [1.807, 2.05) is 19.0 Å². The van der Waals surface area contributed by atoms with Gasteiger partial charge in [0.25, 0.3) is 0 Å². The minimum Gasteiger partial charge on any atom is -0.496 e. The molecule has 0 radical (unpaired) electrons. The SMILES string of the molecule is CN(C)C=COCCOc1nc2ccc(F)cc2nc1C#Cc1ccc(N=[N+]=[N-])cc1. The lowest BCUT2D eigenvalue weighted by molar-refractivity contribution is 0.172. The summed E-state index contributed by atoms with van der Waals surface area (Å²) in [6.07, 6.45) is 3.34. The van der Waals surface area contributed by atoms with Crippen molar-refractivity contribution in [1.29, 1.82) is 0 Å². The number of halogens is 1. The highest BCUT2D eigenvalue weighted by molar-refractivity contribution is 5.75. The molecule has 3 aromatic rings. The van der Waals surface area contributed by atoms with Crippen molar-refractivity contribution in [3.8, 4) is 17.7 Å². The molecule has 8 nitrogen and oxygen atoms in total. The van der Waals surface area contributed by atoms with Gasteiger partial charge in [0.05, 0.1) is 17.3 Å². The summed E-state index contributed by atoms with van der Waals surface area (Å²) in [5.41, 5.74) is 10.8. The van der Waals surface area contributed by atoms with E-state index < -0.39 is 5.82 Å². The van der Waals surface area contributed by atoms with Gasteiger partial charge in [-0.3, -0.25) is 0 Å². The van der Waals surface area contributed by atoms with Gasteiger partial charge < -0.3 is 14.4 Å². The summed E-state index contributed by atoms with van der Waals surface area (Å²) >= 11 is 0. The molecule has 0 saturated carbocycles. The highest BCUT2D eigenvalue weighted by Crippen LogP contribution is 2.20. The Hall–Kier alpha value is -4.28. The Morgan fingerprint density at radius 2 is 1.90 bits per heavy atom. The molecule has 0 aliphatic heterocycles. The molecule has 0 amide bonds. The van der Waals surface area contributed by atoms with Gasteiger partial charge in [0, 0.05) is 42.5 Å². The van der Waals surface area contributed by atoms with Gasteiger partial charge in [-0.15, -0.1) is 0 Å². The third kappa shape index (κ3) is 6.35. The van der Waals surface area contributed by atoms with E-state index in [9.17, 15) is 4.39 Å². The Kier molecular flexibility index (Phi) is 7.25. The molecule has 2 aromatic carbocycles. The second kappa shape index (κ2) is 10.5. The summed E-state index contributed by atoms with van der Waals surface area (Å²) < 4.78 is 24.7. The Bertz CT molecular complexity index is 1190. The Morgan fingerprint density at radius 3 is 2.65 bits per heavy atom. The molecular formula is C22H19FN6O2. The lowest BCUT2D eigenvalue weighted by atomic mass is 10.2. The number of ether oxygens (including phenoxy) is 2. The van der Waals surface area contributed by atoms with Crippen LogP contribution in [-0.2, 0) is 4.74 Å². The van der Waals surface area contributed by atoms with Crippen LogP contribution < -0.4 is 4.74 Å². The second-order valence-corrected chi connectivity index (χ2v) is 6.46. The first-order chi connectivity index (χ1) is 15.0. The Morgan fingerprint density at radius 1 is 1.10 bits per heavy atom. The smallest absolute Gasteiger partial charge is 0.249 e. The average molecular weight is 418 g/mol. The van der Waals surface area contributed by atoms with E-state index >= 15 is 0 Å². The molecule has 9 heteroatoms. The molecule has 0 saturated heterocycles. The first-order valence-corrected chi connectivity index (χ1v) is 9.27. The summed E-state index contributed by atoms with van der Waals surface area (Å²) in [5.74, 6) is 5.71. The largest absolute Gasteiger partial charge is 0.496 e. The monoisotopic (exact) mass is 418 g/mol. The maximum absolute atomic E-state index is 13.6. The highest BCUT2D eigenvalue weighted by Gasteiger charge is 2.09. The van der Waals surface area contributed by atoms with Crippen LogP contribution in [0.4, 0.5) is 10.1 Å². The minimum absolute atomic E-state index is 0.231.